The number of benzene rings is 6. The first-order chi connectivity index (χ1) is 16.4. The molecule has 0 unspecified atom stereocenters. The Labute approximate surface area is 192 Å². The lowest BCUT2D eigenvalue weighted by Gasteiger charge is -2.31. The third kappa shape index (κ3) is 1.90. The average molecular weight is 417 g/mol. The van der Waals surface area contributed by atoms with Gasteiger partial charge in [-0.15, -0.1) is 0 Å². The molecule has 0 nitrogen and oxygen atoms in total. The molecule has 6 aromatic rings. The van der Waals surface area contributed by atoms with Crippen molar-refractivity contribution in [1.29, 1.82) is 0 Å². The molecule has 0 heterocycles. The van der Waals surface area contributed by atoms with E-state index < -0.39 is 0 Å². The number of fused-ring (bicyclic) bond motifs is 15. The molecular weight excluding hydrogens is 396 g/mol. The second kappa shape index (κ2) is 5.99. The van der Waals surface area contributed by atoms with Crippen LogP contribution in [0.2, 0.25) is 0 Å². The number of hydrogen-bond donors (Lipinski definition) is 0. The van der Waals surface area contributed by atoms with Gasteiger partial charge in [0.2, 0.25) is 0 Å². The Morgan fingerprint density at radius 1 is 0.333 bits per heavy atom. The van der Waals surface area contributed by atoms with Crippen molar-refractivity contribution in [3.63, 3.8) is 0 Å². The fourth-order valence-electron chi connectivity index (χ4n) is 6.77. The highest BCUT2D eigenvalue weighted by molar-refractivity contribution is 6.19. The highest BCUT2D eigenvalue weighted by Gasteiger charge is 2.52. The zero-order valence-electron chi connectivity index (χ0n) is 18.0. The zero-order valence-corrected chi connectivity index (χ0v) is 18.0. The lowest BCUT2D eigenvalue weighted by atomic mass is 9.69. The van der Waals surface area contributed by atoms with Gasteiger partial charge in [0.1, 0.15) is 0 Å². The maximum absolute atomic E-state index is 2.36. The number of rotatable bonds is 0. The van der Waals surface area contributed by atoms with Crippen LogP contribution < -0.4 is 0 Å². The summed E-state index contributed by atoms with van der Waals surface area (Å²) in [4.78, 5) is 0. The third-order valence-corrected chi connectivity index (χ3v) is 7.86. The normalized spacial score (nSPS) is 14.3. The Morgan fingerprint density at radius 3 is 1.33 bits per heavy atom. The summed E-state index contributed by atoms with van der Waals surface area (Å²) in [7, 11) is 0. The van der Waals surface area contributed by atoms with E-state index in [0.29, 0.717) is 0 Å². The molecular formula is C33H20. The van der Waals surface area contributed by atoms with Crippen molar-refractivity contribution in [2.45, 2.75) is 5.41 Å². The molecule has 0 amide bonds. The molecule has 0 N–H and O–H groups in total. The van der Waals surface area contributed by atoms with E-state index in [9.17, 15) is 0 Å². The van der Waals surface area contributed by atoms with Crippen molar-refractivity contribution in [3.8, 4) is 22.3 Å². The molecule has 6 aromatic carbocycles. The van der Waals surface area contributed by atoms with Crippen molar-refractivity contribution in [3.05, 3.63) is 144 Å². The summed E-state index contributed by atoms with van der Waals surface area (Å²) in [6, 6.07) is 45.1. The summed E-state index contributed by atoms with van der Waals surface area (Å²) < 4.78 is 0. The van der Waals surface area contributed by atoms with Gasteiger partial charge in [-0.2, -0.15) is 0 Å². The second-order valence-corrected chi connectivity index (χ2v) is 9.23. The van der Waals surface area contributed by atoms with Gasteiger partial charge in [0.05, 0.1) is 5.41 Å². The molecule has 0 atom stereocenters. The van der Waals surface area contributed by atoms with Crippen LogP contribution >= 0.6 is 0 Å². The molecule has 0 heteroatoms. The Balaban J connectivity index is 1.72. The van der Waals surface area contributed by atoms with Crippen molar-refractivity contribution in [2.75, 3.05) is 0 Å². The predicted molar refractivity (Wildman–Crippen MR) is 138 cm³/mol. The van der Waals surface area contributed by atoms with E-state index in [4.69, 9.17) is 0 Å². The molecule has 0 aliphatic heterocycles. The van der Waals surface area contributed by atoms with Crippen LogP contribution in [0, 0.1) is 0 Å². The summed E-state index contributed by atoms with van der Waals surface area (Å²) >= 11 is 0. The van der Waals surface area contributed by atoms with Crippen LogP contribution in [-0.2, 0) is 5.41 Å². The molecule has 2 aliphatic carbocycles. The molecule has 1 spiro atoms. The average Bonchev–Trinajstić information content (AvgIpc) is 3.37. The van der Waals surface area contributed by atoms with Crippen LogP contribution in [-0.4, -0.2) is 0 Å². The topological polar surface area (TPSA) is 0 Å². The second-order valence-electron chi connectivity index (χ2n) is 9.23. The molecule has 8 rings (SSSR count). The van der Waals surface area contributed by atoms with Gasteiger partial charge in [0, 0.05) is 0 Å². The van der Waals surface area contributed by atoms with Crippen molar-refractivity contribution >= 4 is 21.5 Å². The maximum atomic E-state index is 2.36. The zero-order chi connectivity index (χ0) is 21.6. The molecule has 0 aromatic heterocycles. The largest absolute Gasteiger partial charge is 0.0731 e. The predicted octanol–water partition coefficient (Wildman–Crippen LogP) is 8.34. The Morgan fingerprint density at radius 2 is 0.727 bits per heavy atom. The molecule has 0 fully saturated rings. The van der Waals surface area contributed by atoms with Gasteiger partial charge in [0.25, 0.3) is 0 Å². The first-order valence-electron chi connectivity index (χ1n) is 11.6. The van der Waals surface area contributed by atoms with Crippen LogP contribution in [0.1, 0.15) is 22.3 Å². The van der Waals surface area contributed by atoms with Gasteiger partial charge >= 0.3 is 0 Å². The van der Waals surface area contributed by atoms with Crippen LogP contribution in [0.25, 0.3) is 43.8 Å². The summed E-state index contributed by atoms with van der Waals surface area (Å²) in [6.45, 7) is 0. The van der Waals surface area contributed by atoms with Gasteiger partial charge in [-0.1, -0.05) is 121 Å². The van der Waals surface area contributed by atoms with Gasteiger partial charge in [0.15, 0.2) is 0 Å². The molecule has 2 aliphatic rings. The van der Waals surface area contributed by atoms with Crippen LogP contribution in [0.4, 0.5) is 0 Å². The maximum Gasteiger partial charge on any atom is 0.0731 e. The molecule has 152 valence electrons. The van der Waals surface area contributed by atoms with Crippen molar-refractivity contribution in [1.82, 2.24) is 0 Å². The van der Waals surface area contributed by atoms with Crippen molar-refractivity contribution in [2.24, 2.45) is 0 Å². The van der Waals surface area contributed by atoms with E-state index in [1.54, 1.807) is 0 Å². The Hall–Kier alpha value is -4.16. The molecule has 33 heavy (non-hydrogen) atoms. The van der Waals surface area contributed by atoms with E-state index in [0.717, 1.165) is 0 Å². The fraction of sp³-hybridized carbons (Fsp3) is 0.0303. The first kappa shape index (κ1) is 17.4. The molecule has 0 saturated heterocycles. The highest BCUT2D eigenvalue weighted by Crippen LogP contribution is 2.65. The smallest absolute Gasteiger partial charge is 0.0619 e. The highest BCUT2D eigenvalue weighted by atomic mass is 14.5. The van der Waals surface area contributed by atoms with Gasteiger partial charge in [-0.3, -0.25) is 0 Å². The Kier molecular flexibility index (Phi) is 3.16. The summed E-state index contributed by atoms with van der Waals surface area (Å²) in [5, 5.41) is 5.37. The monoisotopic (exact) mass is 416 g/mol. The standard InChI is InChI=1S/C33H20/c1-3-15-25-21(11-1)22-12-2-4-16-26(22)32-31(25)27-17-7-10-20-30(27)33(32)28-18-8-5-13-23(28)24-14-6-9-19-29(24)33/h1-20H. The van der Waals surface area contributed by atoms with E-state index >= 15 is 0 Å². The molecule has 0 bridgehead atoms. The fourth-order valence-corrected chi connectivity index (χ4v) is 6.77. The minimum Gasteiger partial charge on any atom is -0.0619 e. The number of hydrogen-bond acceptors (Lipinski definition) is 0. The van der Waals surface area contributed by atoms with E-state index in [-0.39, 0.29) is 5.41 Å². The van der Waals surface area contributed by atoms with Crippen LogP contribution in [0.15, 0.2) is 121 Å². The van der Waals surface area contributed by atoms with Crippen LogP contribution in [0.3, 0.4) is 0 Å². The van der Waals surface area contributed by atoms with Gasteiger partial charge < -0.3 is 0 Å². The van der Waals surface area contributed by atoms with Gasteiger partial charge in [-0.05, 0) is 66.1 Å². The molecule has 0 radical (unpaired) electrons. The molecule has 0 saturated carbocycles. The SMILES string of the molecule is c1ccc2c(c1)-c1ccccc1C21c2ccccc2-c2c1c1ccccc1c1ccccc21. The minimum atomic E-state index is -0.303. The Bertz CT molecular complexity index is 1720. The third-order valence-electron chi connectivity index (χ3n) is 7.86. The van der Waals surface area contributed by atoms with E-state index in [1.807, 2.05) is 0 Å². The van der Waals surface area contributed by atoms with E-state index in [2.05, 4.69) is 121 Å². The van der Waals surface area contributed by atoms with Crippen molar-refractivity contribution < 1.29 is 0 Å². The van der Waals surface area contributed by atoms with Crippen LogP contribution in [0.5, 0.6) is 0 Å². The minimum absolute atomic E-state index is 0.303. The first-order valence-corrected chi connectivity index (χ1v) is 11.6. The summed E-state index contributed by atoms with van der Waals surface area (Å²) in [6.07, 6.45) is 0. The van der Waals surface area contributed by atoms with E-state index in [1.165, 1.54) is 66.1 Å². The van der Waals surface area contributed by atoms with Gasteiger partial charge in [-0.25, -0.2) is 0 Å². The lowest BCUT2D eigenvalue weighted by Crippen LogP contribution is -2.26. The summed E-state index contributed by atoms with van der Waals surface area (Å²) in [5.41, 5.74) is 10.8. The lowest BCUT2D eigenvalue weighted by molar-refractivity contribution is 0.802. The quantitative estimate of drug-likeness (QED) is 0.218. The summed E-state index contributed by atoms with van der Waals surface area (Å²) in [5.74, 6) is 0.